The Labute approximate surface area is 176 Å². The third-order valence-corrected chi connectivity index (χ3v) is 5.32. The predicted molar refractivity (Wildman–Crippen MR) is 110 cm³/mol. The van der Waals surface area contributed by atoms with Crippen LogP contribution in [0.5, 0.6) is 0 Å². The number of nitrogen functional groups attached to an aromatic ring is 1. The van der Waals surface area contributed by atoms with Crippen molar-refractivity contribution < 1.29 is 20.1 Å². The molecule has 11 heteroatoms. The van der Waals surface area contributed by atoms with Crippen LogP contribution in [-0.4, -0.2) is 69.5 Å². The first-order valence-corrected chi connectivity index (χ1v) is 9.74. The van der Waals surface area contributed by atoms with Gasteiger partial charge in [0.05, 0.1) is 31.2 Å². The molecule has 0 bridgehead atoms. The molecular formula is C20H21N7O4. The van der Waals surface area contributed by atoms with Gasteiger partial charge in [0.1, 0.15) is 23.8 Å². The fourth-order valence-corrected chi connectivity index (χ4v) is 3.70. The average molecular weight is 423 g/mol. The van der Waals surface area contributed by atoms with Crippen molar-refractivity contribution in [2.75, 3.05) is 12.3 Å². The summed E-state index contributed by atoms with van der Waals surface area (Å²) in [7, 11) is 0. The third-order valence-electron chi connectivity index (χ3n) is 5.32. The highest BCUT2D eigenvalue weighted by atomic mass is 16.6. The van der Waals surface area contributed by atoms with Crippen LogP contribution in [-0.2, 0) is 11.3 Å². The molecule has 160 valence electrons. The topological polar surface area (TPSA) is 157 Å². The lowest BCUT2D eigenvalue weighted by Gasteiger charge is -2.16. The van der Waals surface area contributed by atoms with E-state index < -0.39 is 31.1 Å². The minimum atomic E-state index is -1.26. The summed E-state index contributed by atoms with van der Waals surface area (Å²) in [5.41, 5.74) is 8.56. The lowest BCUT2D eigenvalue weighted by molar-refractivity contribution is -0.0511. The zero-order valence-corrected chi connectivity index (χ0v) is 16.4. The van der Waals surface area contributed by atoms with Gasteiger partial charge in [-0.05, 0) is 5.56 Å². The molecule has 5 N–H and O–H groups in total. The van der Waals surface area contributed by atoms with Gasteiger partial charge in [-0.2, -0.15) is 5.10 Å². The molecule has 3 aromatic heterocycles. The molecular weight excluding hydrogens is 402 g/mol. The normalized spacial score (nSPS) is 23.6. The molecule has 0 spiro atoms. The number of imidazole rings is 1. The maximum Gasteiger partial charge on any atom is 0.168 e. The number of anilines is 1. The molecule has 0 amide bonds. The maximum atomic E-state index is 10.4. The highest BCUT2D eigenvalue weighted by molar-refractivity contribution is 5.83. The minimum absolute atomic E-state index is 0.168. The number of rotatable bonds is 5. The van der Waals surface area contributed by atoms with Crippen molar-refractivity contribution in [3.63, 3.8) is 0 Å². The fourth-order valence-electron chi connectivity index (χ4n) is 3.70. The van der Waals surface area contributed by atoms with Crippen LogP contribution in [0.15, 0.2) is 49.1 Å². The Morgan fingerprint density at radius 2 is 1.90 bits per heavy atom. The summed E-state index contributed by atoms with van der Waals surface area (Å²) >= 11 is 0. The van der Waals surface area contributed by atoms with E-state index in [-0.39, 0.29) is 5.82 Å². The summed E-state index contributed by atoms with van der Waals surface area (Å²) in [6, 6.07) is 9.93. The van der Waals surface area contributed by atoms with E-state index in [0.29, 0.717) is 29.1 Å². The minimum Gasteiger partial charge on any atom is -0.394 e. The van der Waals surface area contributed by atoms with E-state index in [1.807, 2.05) is 36.5 Å². The van der Waals surface area contributed by atoms with Crippen molar-refractivity contribution >= 4 is 17.0 Å². The summed E-state index contributed by atoms with van der Waals surface area (Å²) in [4.78, 5) is 13.1. The molecule has 11 nitrogen and oxygen atoms in total. The standard InChI is InChI=1S/C20H21N7O4/c21-17-14-19(27(10-22-14)20-16(30)15(29)13(9-28)31-20)25-18(24-17)12-6-23-26(8-12)7-11-4-2-1-3-5-11/h1-6,8,10,13,15-16,20,28-30H,7,9H2,(H2,21,24,25)/t13?,15?,16-,20?/m1/s1. The van der Waals surface area contributed by atoms with E-state index in [2.05, 4.69) is 20.1 Å². The molecule has 0 saturated carbocycles. The van der Waals surface area contributed by atoms with Crippen LogP contribution in [0.2, 0.25) is 0 Å². The Hall–Kier alpha value is -3.38. The van der Waals surface area contributed by atoms with Crippen molar-refractivity contribution in [2.45, 2.75) is 31.1 Å². The van der Waals surface area contributed by atoms with E-state index in [1.165, 1.54) is 10.9 Å². The molecule has 31 heavy (non-hydrogen) atoms. The van der Waals surface area contributed by atoms with E-state index in [9.17, 15) is 15.3 Å². The smallest absolute Gasteiger partial charge is 0.168 e. The first kappa shape index (κ1) is 19.6. The number of hydrogen-bond acceptors (Lipinski definition) is 9. The molecule has 1 aliphatic heterocycles. The van der Waals surface area contributed by atoms with Crippen LogP contribution in [0.4, 0.5) is 5.82 Å². The number of hydrogen-bond donors (Lipinski definition) is 4. The zero-order chi connectivity index (χ0) is 21.5. The highest BCUT2D eigenvalue weighted by Crippen LogP contribution is 2.32. The van der Waals surface area contributed by atoms with E-state index >= 15 is 0 Å². The van der Waals surface area contributed by atoms with Crippen LogP contribution in [0, 0.1) is 0 Å². The monoisotopic (exact) mass is 423 g/mol. The second-order valence-corrected chi connectivity index (χ2v) is 7.40. The number of aliphatic hydroxyl groups is 3. The van der Waals surface area contributed by atoms with Gasteiger partial charge in [-0.3, -0.25) is 9.25 Å². The quantitative estimate of drug-likeness (QED) is 0.345. The van der Waals surface area contributed by atoms with E-state index in [1.54, 1.807) is 10.9 Å². The number of aliphatic hydroxyl groups excluding tert-OH is 3. The van der Waals surface area contributed by atoms with Gasteiger partial charge in [0.2, 0.25) is 0 Å². The first-order valence-electron chi connectivity index (χ1n) is 9.74. The number of nitrogens with zero attached hydrogens (tertiary/aromatic N) is 6. The molecule has 4 heterocycles. The summed E-state index contributed by atoms with van der Waals surface area (Å²) in [6.45, 7) is 0.170. The van der Waals surface area contributed by atoms with Crippen LogP contribution in [0.3, 0.4) is 0 Å². The fraction of sp³-hybridized carbons (Fsp3) is 0.300. The van der Waals surface area contributed by atoms with Crippen LogP contribution < -0.4 is 5.73 Å². The number of nitrogens with two attached hydrogens (primary N) is 1. The lowest BCUT2D eigenvalue weighted by Crippen LogP contribution is -2.33. The molecule has 1 aliphatic rings. The van der Waals surface area contributed by atoms with Gasteiger partial charge in [0.15, 0.2) is 23.5 Å². The highest BCUT2D eigenvalue weighted by Gasteiger charge is 2.44. The van der Waals surface area contributed by atoms with Crippen LogP contribution >= 0.6 is 0 Å². The van der Waals surface area contributed by atoms with Crippen molar-refractivity contribution in [2.24, 2.45) is 0 Å². The molecule has 1 saturated heterocycles. The summed E-state index contributed by atoms with van der Waals surface area (Å²) in [6.07, 6.45) is 0.508. The van der Waals surface area contributed by atoms with Crippen molar-refractivity contribution in [3.05, 3.63) is 54.6 Å². The molecule has 3 unspecified atom stereocenters. The molecule has 5 rings (SSSR count). The maximum absolute atomic E-state index is 10.4. The van der Waals surface area contributed by atoms with Crippen molar-refractivity contribution in [1.29, 1.82) is 0 Å². The van der Waals surface area contributed by atoms with Crippen LogP contribution in [0.1, 0.15) is 11.8 Å². The largest absolute Gasteiger partial charge is 0.394 e. The Bertz CT molecular complexity index is 1210. The zero-order valence-electron chi connectivity index (χ0n) is 16.4. The molecule has 1 fully saturated rings. The van der Waals surface area contributed by atoms with E-state index in [0.717, 1.165) is 5.56 Å². The second-order valence-electron chi connectivity index (χ2n) is 7.40. The number of fused-ring (bicyclic) bond motifs is 1. The van der Waals surface area contributed by atoms with Gasteiger partial charge < -0.3 is 25.8 Å². The SMILES string of the molecule is Nc1nc(-c2cnn(Cc3ccccc3)c2)nc2c1ncn2C1OC(CO)C(O)[C@H]1O. The summed E-state index contributed by atoms with van der Waals surface area (Å²) in [5, 5.41) is 34.2. The summed E-state index contributed by atoms with van der Waals surface area (Å²) < 4.78 is 8.86. The van der Waals surface area contributed by atoms with Gasteiger partial charge in [0, 0.05) is 6.20 Å². The van der Waals surface area contributed by atoms with Crippen molar-refractivity contribution in [1.82, 2.24) is 29.3 Å². The number of ether oxygens (including phenoxy) is 1. The molecule has 1 aromatic carbocycles. The second kappa shape index (κ2) is 7.71. The molecule has 0 radical (unpaired) electrons. The predicted octanol–water partition coefficient (Wildman–Crippen LogP) is -0.0682. The number of benzene rings is 1. The van der Waals surface area contributed by atoms with Gasteiger partial charge in [0.25, 0.3) is 0 Å². The summed E-state index contributed by atoms with van der Waals surface area (Å²) in [5.74, 6) is 0.513. The Kier molecular flexibility index (Phi) is 4.87. The Balaban J connectivity index is 1.49. The van der Waals surface area contributed by atoms with Gasteiger partial charge in [-0.15, -0.1) is 0 Å². The third kappa shape index (κ3) is 3.43. The molecule has 4 atom stereocenters. The van der Waals surface area contributed by atoms with E-state index in [4.69, 9.17) is 10.5 Å². The Morgan fingerprint density at radius 3 is 2.65 bits per heavy atom. The van der Waals surface area contributed by atoms with Gasteiger partial charge >= 0.3 is 0 Å². The number of aromatic nitrogens is 6. The molecule has 0 aliphatic carbocycles. The van der Waals surface area contributed by atoms with Crippen molar-refractivity contribution in [3.8, 4) is 11.4 Å². The first-order chi connectivity index (χ1) is 15.0. The van der Waals surface area contributed by atoms with Gasteiger partial charge in [-0.25, -0.2) is 15.0 Å². The Morgan fingerprint density at radius 1 is 1.10 bits per heavy atom. The lowest BCUT2D eigenvalue weighted by atomic mass is 10.1. The van der Waals surface area contributed by atoms with Crippen LogP contribution in [0.25, 0.3) is 22.6 Å². The van der Waals surface area contributed by atoms with Gasteiger partial charge in [-0.1, -0.05) is 30.3 Å². The average Bonchev–Trinajstić information content (AvgIpc) is 3.48. The molecule has 4 aromatic rings.